The Morgan fingerprint density at radius 3 is 2.31 bits per heavy atom. The van der Waals surface area contributed by atoms with Gasteiger partial charge in [-0.15, -0.1) is 0 Å². The van der Waals surface area contributed by atoms with E-state index in [1.165, 1.54) is 26.4 Å². The summed E-state index contributed by atoms with van der Waals surface area (Å²) in [5.74, 6) is -3.41. The predicted molar refractivity (Wildman–Crippen MR) is 114 cm³/mol. The average molecular weight is 456 g/mol. The lowest BCUT2D eigenvalue weighted by Crippen LogP contribution is -2.59. The number of carboxylic acids is 1. The molecular formula is C19H33N7O6. The molecule has 0 saturated carbocycles. The third-order valence-electron chi connectivity index (χ3n) is 4.70. The number of aliphatic hydroxyl groups excluding tert-OH is 1. The number of H-pyrrole nitrogens is 1. The van der Waals surface area contributed by atoms with Crippen molar-refractivity contribution in [2.24, 2.45) is 11.5 Å². The lowest BCUT2D eigenvalue weighted by molar-refractivity contribution is -0.142. The first kappa shape index (κ1) is 27.0. The molecule has 0 saturated heterocycles. The number of carbonyl (C=O) groups is 4. The van der Waals surface area contributed by atoms with Gasteiger partial charge >= 0.3 is 5.97 Å². The molecular weight excluding hydrogens is 422 g/mol. The molecule has 1 aromatic heterocycles. The molecule has 1 rings (SSSR count). The first-order chi connectivity index (χ1) is 15.1. The van der Waals surface area contributed by atoms with E-state index in [1.807, 2.05) is 0 Å². The summed E-state index contributed by atoms with van der Waals surface area (Å²) in [5.41, 5.74) is 12.0. The lowest BCUT2D eigenvalue weighted by atomic mass is 10.1. The average Bonchev–Trinajstić information content (AvgIpc) is 3.23. The number of hydrogen-bond donors (Lipinski definition) is 8. The largest absolute Gasteiger partial charge is 0.480 e. The monoisotopic (exact) mass is 455 g/mol. The first-order valence-electron chi connectivity index (χ1n) is 10.3. The van der Waals surface area contributed by atoms with Gasteiger partial charge in [-0.1, -0.05) is 0 Å². The number of aromatic amines is 1. The summed E-state index contributed by atoms with van der Waals surface area (Å²) in [5, 5.41) is 26.2. The van der Waals surface area contributed by atoms with Crippen LogP contribution in [0.2, 0.25) is 0 Å². The Bertz CT molecular complexity index is 755. The quantitative estimate of drug-likeness (QED) is 0.137. The van der Waals surface area contributed by atoms with Gasteiger partial charge in [-0.25, -0.2) is 4.98 Å². The second kappa shape index (κ2) is 13.4. The van der Waals surface area contributed by atoms with Crippen LogP contribution in [0, 0.1) is 0 Å². The minimum atomic E-state index is -1.38. The summed E-state index contributed by atoms with van der Waals surface area (Å²) in [4.78, 5) is 55.3. The number of amides is 3. The van der Waals surface area contributed by atoms with E-state index < -0.39 is 54.0 Å². The zero-order valence-corrected chi connectivity index (χ0v) is 18.2. The minimum absolute atomic E-state index is 0.136. The molecule has 13 nitrogen and oxygen atoms in total. The number of rotatable bonds is 14. The van der Waals surface area contributed by atoms with Crippen molar-refractivity contribution in [1.82, 2.24) is 25.9 Å². The molecule has 0 aromatic carbocycles. The Morgan fingerprint density at radius 2 is 1.78 bits per heavy atom. The second-order valence-electron chi connectivity index (χ2n) is 7.53. The zero-order chi connectivity index (χ0) is 24.3. The number of hydrogen-bond acceptors (Lipinski definition) is 8. The SMILES string of the molecule is CC(NC(=O)C(CCCCN)NC(=O)C(NC(=O)C(N)Cc1cnc[nH]1)C(C)O)C(=O)O. The maximum atomic E-state index is 12.8. The standard InChI is InChI=1S/C19H33N7O6/c1-10(19(31)32)24-17(29)14(5-3-4-6-20)25-18(30)15(11(2)27)26-16(28)13(21)7-12-8-22-9-23-12/h8-11,13-15,27H,3-7,20-21H2,1-2H3,(H,22,23)(H,24,29)(H,25,30)(H,26,28)(H,31,32). The fourth-order valence-electron chi connectivity index (χ4n) is 2.79. The van der Waals surface area contributed by atoms with E-state index in [0.29, 0.717) is 25.1 Å². The number of nitrogens with one attached hydrogen (secondary N) is 4. The first-order valence-corrected chi connectivity index (χ1v) is 10.3. The number of carbonyl (C=O) groups excluding carboxylic acids is 3. The van der Waals surface area contributed by atoms with Crippen LogP contribution in [0.1, 0.15) is 38.8 Å². The van der Waals surface area contributed by atoms with Crippen molar-refractivity contribution in [3.8, 4) is 0 Å². The highest BCUT2D eigenvalue weighted by Crippen LogP contribution is 2.05. The molecule has 180 valence electrons. The normalized spacial score (nSPS) is 15.7. The Labute approximate surface area is 185 Å². The van der Waals surface area contributed by atoms with Gasteiger partial charge < -0.3 is 42.6 Å². The smallest absolute Gasteiger partial charge is 0.325 e. The van der Waals surface area contributed by atoms with E-state index in [4.69, 9.17) is 16.6 Å². The maximum absolute atomic E-state index is 12.8. The van der Waals surface area contributed by atoms with Crippen LogP contribution in [0.4, 0.5) is 0 Å². The van der Waals surface area contributed by atoms with Crippen LogP contribution in [-0.2, 0) is 25.6 Å². The summed E-state index contributed by atoms with van der Waals surface area (Å²) < 4.78 is 0. The molecule has 5 unspecified atom stereocenters. The van der Waals surface area contributed by atoms with E-state index in [1.54, 1.807) is 0 Å². The van der Waals surface area contributed by atoms with Crippen molar-refractivity contribution < 1.29 is 29.4 Å². The molecule has 0 bridgehead atoms. The van der Waals surface area contributed by atoms with Crippen molar-refractivity contribution >= 4 is 23.7 Å². The van der Waals surface area contributed by atoms with E-state index in [2.05, 4.69) is 25.9 Å². The third kappa shape index (κ3) is 8.99. The van der Waals surface area contributed by atoms with Gasteiger partial charge in [0, 0.05) is 18.3 Å². The van der Waals surface area contributed by atoms with E-state index in [-0.39, 0.29) is 12.8 Å². The Balaban J connectivity index is 2.83. The highest BCUT2D eigenvalue weighted by atomic mass is 16.4. The van der Waals surface area contributed by atoms with Crippen LogP contribution in [0.5, 0.6) is 0 Å². The summed E-state index contributed by atoms with van der Waals surface area (Å²) in [6, 6.07) is -4.63. The van der Waals surface area contributed by atoms with Crippen LogP contribution >= 0.6 is 0 Å². The molecule has 0 aliphatic heterocycles. The molecule has 3 amide bonds. The second-order valence-corrected chi connectivity index (χ2v) is 7.53. The minimum Gasteiger partial charge on any atom is -0.480 e. The van der Waals surface area contributed by atoms with Gasteiger partial charge in [0.15, 0.2) is 0 Å². The molecule has 0 spiro atoms. The molecule has 0 radical (unpaired) electrons. The van der Waals surface area contributed by atoms with Crippen molar-refractivity contribution in [3.05, 3.63) is 18.2 Å². The maximum Gasteiger partial charge on any atom is 0.325 e. The Hall–Kier alpha value is -3.03. The molecule has 1 aromatic rings. The van der Waals surface area contributed by atoms with Crippen molar-refractivity contribution in [3.63, 3.8) is 0 Å². The van der Waals surface area contributed by atoms with E-state index in [9.17, 15) is 24.3 Å². The number of aromatic nitrogens is 2. The molecule has 32 heavy (non-hydrogen) atoms. The fraction of sp³-hybridized carbons (Fsp3) is 0.632. The van der Waals surface area contributed by atoms with Crippen LogP contribution in [0.15, 0.2) is 12.5 Å². The molecule has 0 aliphatic rings. The number of aliphatic hydroxyl groups is 1. The van der Waals surface area contributed by atoms with E-state index >= 15 is 0 Å². The highest BCUT2D eigenvalue weighted by Gasteiger charge is 2.31. The summed E-state index contributed by atoms with van der Waals surface area (Å²) in [6.45, 7) is 2.98. The summed E-state index contributed by atoms with van der Waals surface area (Å²) >= 11 is 0. The number of imidazole rings is 1. The number of unbranched alkanes of at least 4 members (excludes halogenated alkanes) is 1. The van der Waals surface area contributed by atoms with Gasteiger partial charge in [-0.05, 0) is 39.7 Å². The topological polar surface area (TPSA) is 226 Å². The molecule has 10 N–H and O–H groups in total. The number of aliphatic carboxylic acids is 1. The van der Waals surface area contributed by atoms with Crippen LogP contribution < -0.4 is 27.4 Å². The van der Waals surface area contributed by atoms with Crippen molar-refractivity contribution in [2.45, 2.75) is 69.8 Å². The van der Waals surface area contributed by atoms with Gasteiger partial charge in [0.1, 0.15) is 18.1 Å². The van der Waals surface area contributed by atoms with Gasteiger partial charge in [-0.3, -0.25) is 19.2 Å². The molecule has 13 heteroatoms. The summed E-state index contributed by atoms with van der Waals surface area (Å²) in [6.07, 6.45) is 3.08. The molecule has 0 aliphatic carbocycles. The van der Waals surface area contributed by atoms with Crippen LogP contribution in [0.3, 0.4) is 0 Å². The highest BCUT2D eigenvalue weighted by molar-refractivity contribution is 5.94. The van der Waals surface area contributed by atoms with Crippen molar-refractivity contribution in [1.29, 1.82) is 0 Å². The Kier molecular flexibility index (Phi) is 11.3. The number of nitrogens with zero attached hydrogens (tertiary/aromatic N) is 1. The van der Waals surface area contributed by atoms with Crippen LogP contribution in [0.25, 0.3) is 0 Å². The predicted octanol–water partition coefficient (Wildman–Crippen LogP) is -2.65. The number of carboxylic acid groups (broad SMARTS) is 1. The third-order valence-corrected chi connectivity index (χ3v) is 4.70. The lowest BCUT2D eigenvalue weighted by Gasteiger charge is -2.26. The molecule has 0 fully saturated rings. The van der Waals surface area contributed by atoms with Gasteiger partial charge in [0.25, 0.3) is 0 Å². The van der Waals surface area contributed by atoms with E-state index in [0.717, 1.165) is 0 Å². The zero-order valence-electron chi connectivity index (χ0n) is 18.2. The Morgan fingerprint density at radius 1 is 1.09 bits per heavy atom. The van der Waals surface area contributed by atoms with Gasteiger partial charge in [-0.2, -0.15) is 0 Å². The molecule has 5 atom stereocenters. The molecule has 1 heterocycles. The van der Waals surface area contributed by atoms with Crippen molar-refractivity contribution in [2.75, 3.05) is 6.54 Å². The van der Waals surface area contributed by atoms with Gasteiger partial charge in [0.05, 0.1) is 18.5 Å². The van der Waals surface area contributed by atoms with Crippen LogP contribution in [-0.4, -0.2) is 80.7 Å². The summed E-state index contributed by atoms with van der Waals surface area (Å²) in [7, 11) is 0. The fourth-order valence-corrected chi connectivity index (χ4v) is 2.79. The number of nitrogens with two attached hydrogens (primary N) is 2. The van der Waals surface area contributed by atoms with Gasteiger partial charge in [0.2, 0.25) is 17.7 Å².